The van der Waals surface area contributed by atoms with E-state index in [4.69, 9.17) is 0 Å². The molecule has 3 rings (SSSR count). The first-order valence-corrected chi connectivity index (χ1v) is 9.59. The second kappa shape index (κ2) is 6.69. The molecule has 0 aromatic heterocycles. The lowest BCUT2D eigenvalue weighted by Crippen LogP contribution is -2.39. The lowest BCUT2D eigenvalue weighted by atomic mass is 9.89. The van der Waals surface area contributed by atoms with Gasteiger partial charge < -0.3 is 10.6 Å². The molecule has 0 aliphatic carbocycles. The van der Waals surface area contributed by atoms with E-state index in [1.54, 1.807) is 0 Å². The van der Waals surface area contributed by atoms with Crippen molar-refractivity contribution in [1.29, 1.82) is 0 Å². The molecule has 2 heterocycles. The molecule has 0 radical (unpaired) electrons. The molecule has 1 amide bonds. The second-order valence-electron chi connectivity index (χ2n) is 5.97. The maximum absolute atomic E-state index is 12.3. The minimum Gasteiger partial charge on any atom is -0.324 e. The van der Waals surface area contributed by atoms with Crippen molar-refractivity contribution in [1.82, 2.24) is 5.32 Å². The highest BCUT2D eigenvalue weighted by molar-refractivity contribution is 9.11. The number of carbonyl (C=O) groups is 1. The van der Waals surface area contributed by atoms with E-state index in [0.717, 1.165) is 31.9 Å². The van der Waals surface area contributed by atoms with Crippen LogP contribution in [0.3, 0.4) is 0 Å². The van der Waals surface area contributed by atoms with E-state index in [9.17, 15) is 4.79 Å². The molecule has 3 nitrogen and oxygen atoms in total. The molecular weight excluding hydrogens is 464 g/mol. The van der Waals surface area contributed by atoms with Gasteiger partial charge in [0.25, 0.3) is 0 Å². The van der Waals surface area contributed by atoms with Crippen molar-refractivity contribution in [2.75, 3.05) is 5.32 Å². The van der Waals surface area contributed by atoms with Gasteiger partial charge in [-0.2, -0.15) is 0 Å². The van der Waals surface area contributed by atoms with Crippen LogP contribution < -0.4 is 10.6 Å². The van der Waals surface area contributed by atoms with Gasteiger partial charge in [0.1, 0.15) is 0 Å². The van der Waals surface area contributed by atoms with Crippen LogP contribution in [-0.4, -0.2) is 18.0 Å². The molecule has 2 saturated heterocycles. The van der Waals surface area contributed by atoms with Crippen molar-refractivity contribution in [3.8, 4) is 0 Å². The lowest BCUT2D eigenvalue weighted by molar-refractivity contribution is -0.117. The van der Waals surface area contributed by atoms with Crippen LogP contribution in [0.4, 0.5) is 5.69 Å². The van der Waals surface area contributed by atoms with Gasteiger partial charge in [0.15, 0.2) is 0 Å². The van der Waals surface area contributed by atoms with E-state index in [1.807, 2.05) is 12.1 Å². The molecule has 21 heavy (non-hydrogen) atoms. The predicted octanol–water partition coefficient (Wildman–Crippen LogP) is 4.83. The molecule has 2 unspecified atom stereocenters. The van der Waals surface area contributed by atoms with Gasteiger partial charge in [0.2, 0.25) is 5.91 Å². The molecule has 2 aliphatic heterocycles. The number of benzene rings is 1. The molecule has 2 aliphatic rings. The SMILES string of the molecule is O=C(CC1CC2CCC(C1)N2)Nc1c(Br)cc(Br)cc1Br. The molecular formula is C15H17Br3N2O. The van der Waals surface area contributed by atoms with Crippen molar-refractivity contribution >= 4 is 59.4 Å². The lowest BCUT2D eigenvalue weighted by Gasteiger charge is -2.28. The first-order chi connectivity index (χ1) is 10.0. The van der Waals surface area contributed by atoms with Crippen molar-refractivity contribution < 1.29 is 4.79 Å². The Hall–Kier alpha value is 0.0900. The Morgan fingerprint density at radius 1 is 1.14 bits per heavy atom. The maximum atomic E-state index is 12.3. The van der Waals surface area contributed by atoms with Crippen LogP contribution in [0.15, 0.2) is 25.6 Å². The Balaban J connectivity index is 1.62. The van der Waals surface area contributed by atoms with E-state index in [2.05, 4.69) is 58.4 Å². The fourth-order valence-corrected chi connectivity index (χ4v) is 5.91. The summed E-state index contributed by atoms with van der Waals surface area (Å²) in [7, 11) is 0. The number of halogens is 3. The number of nitrogens with one attached hydrogen (secondary N) is 2. The topological polar surface area (TPSA) is 41.1 Å². The van der Waals surface area contributed by atoms with Gasteiger partial charge in [0.05, 0.1) is 5.69 Å². The van der Waals surface area contributed by atoms with Crippen LogP contribution in [0.1, 0.15) is 32.1 Å². The number of rotatable bonds is 3. The third-order valence-corrected chi connectivity index (χ3v) is 6.02. The normalized spacial score (nSPS) is 27.7. The van der Waals surface area contributed by atoms with E-state index < -0.39 is 0 Å². The average Bonchev–Trinajstić information content (AvgIpc) is 2.73. The Morgan fingerprint density at radius 3 is 2.29 bits per heavy atom. The Morgan fingerprint density at radius 2 is 1.71 bits per heavy atom. The Labute approximate surface area is 150 Å². The van der Waals surface area contributed by atoms with Crippen LogP contribution >= 0.6 is 47.8 Å². The van der Waals surface area contributed by atoms with E-state index in [0.29, 0.717) is 24.4 Å². The van der Waals surface area contributed by atoms with Crippen molar-refractivity contribution in [3.63, 3.8) is 0 Å². The van der Waals surface area contributed by atoms with Crippen LogP contribution in [0, 0.1) is 5.92 Å². The summed E-state index contributed by atoms with van der Waals surface area (Å²) in [5.41, 5.74) is 0.806. The smallest absolute Gasteiger partial charge is 0.224 e. The first kappa shape index (κ1) is 16.0. The van der Waals surface area contributed by atoms with Gasteiger partial charge in [-0.15, -0.1) is 0 Å². The summed E-state index contributed by atoms with van der Waals surface area (Å²) >= 11 is 10.4. The van der Waals surface area contributed by atoms with E-state index >= 15 is 0 Å². The van der Waals surface area contributed by atoms with Crippen molar-refractivity contribution in [2.45, 2.75) is 44.2 Å². The van der Waals surface area contributed by atoms with Gasteiger partial charge in [0, 0.05) is 31.9 Å². The summed E-state index contributed by atoms with van der Waals surface area (Å²) < 4.78 is 2.72. The summed E-state index contributed by atoms with van der Waals surface area (Å²) in [6.45, 7) is 0. The largest absolute Gasteiger partial charge is 0.324 e. The number of amides is 1. The summed E-state index contributed by atoms with van der Waals surface area (Å²) in [5.74, 6) is 0.613. The molecule has 1 aromatic rings. The molecule has 0 saturated carbocycles. The quantitative estimate of drug-likeness (QED) is 0.650. The highest BCUT2D eigenvalue weighted by atomic mass is 79.9. The highest BCUT2D eigenvalue weighted by Gasteiger charge is 2.34. The second-order valence-corrected chi connectivity index (χ2v) is 8.60. The molecule has 2 fully saturated rings. The fraction of sp³-hybridized carbons (Fsp3) is 0.533. The van der Waals surface area contributed by atoms with Crippen LogP contribution in [0.2, 0.25) is 0 Å². The number of hydrogen-bond acceptors (Lipinski definition) is 2. The monoisotopic (exact) mass is 478 g/mol. The Bertz CT molecular complexity index is 529. The van der Waals surface area contributed by atoms with Crippen molar-refractivity contribution in [3.05, 3.63) is 25.6 Å². The zero-order valence-corrected chi connectivity index (χ0v) is 16.2. The number of fused-ring (bicyclic) bond motifs is 2. The summed E-state index contributed by atoms with van der Waals surface area (Å²) in [6.07, 6.45) is 5.42. The number of hydrogen-bond donors (Lipinski definition) is 2. The molecule has 6 heteroatoms. The van der Waals surface area contributed by atoms with Gasteiger partial charge in [-0.3, -0.25) is 4.79 Å². The van der Waals surface area contributed by atoms with Crippen LogP contribution in [0.5, 0.6) is 0 Å². The highest BCUT2D eigenvalue weighted by Crippen LogP contribution is 2.36. The number of piperidine rings is 1. The predicted molar refractivity (Wildman–Crippen MR) is 95.5 cm³/mol. The van der Waals surface area contributed by atoms with Crippen LogP contribution in [-0.2, 0) is 4.79 Å². The summed E-state index contributed by atoms with van der Waals surface area (Å²) in [5, 5.41) is 6.64. The van der Waals surface area contributed by atoms with Crippen molar-refractivity contribution in [2.24, 2.45) is 5.92 Å². The molecule has 114 valence electrons. The van der Waals surface area contributed by atoms with Gasteiger partial charge >= 0.3 is 0 Å². The van der Waals surface area contributed by atoms with Gasteiger partial charge in [-0.1, -0.05) is 15.9 Å². The Kier molecular flexibility index (Phi) is 5.08. The van der Waals surface area contributed by atoms with Crippen LogP contribution in [0.25, 0.3) is 0 Å². The minimum atomic E-state index is 0.102. The zero-order valence-electron chi connectivity index (χ0n) is 11.5. The summed E-state index contributed by atoms with van der Waals surface area (Å²) in [4.78, 5) is 12.3. The molecule has 1 aromatic carbocycles. The van der Waals surface area contributed by atoms with E-state index in [-0.39, 0.29) is 5.91 Å². The molecule has 2 bridgehead atoms. The third kappa shape index (κ3) is 3.89. The standard InChI is InChI=1S/C15H17Br3N2O/c16-9-6-12(17)15(13(18)7-9)20-14(21)5-8-3-10-1-2-11(4-8)19-10/h6-8,10-11,19H,1-5H2,(H,20,21). The number of anilines is 1. The summed E-state index contributed by atoms with van der Waals surface area (Å²) in [6, 6.07) is 5.14. The first-order valence-electron chi connectivity index (χ1n) is 7.21. The van der Waals surface area contributed by atoms with Gasteiger partial charge in [-0.05, 0) is 75.6 Å². The minimum absolute atomic E-state index is 0.102. The fourth-order valence-electron chi connectivity index (χ4n) is 3.46. The maximum Gasteiger partial charge on any atom is 0.224 e. The van der Waals surface area contributed by atoms with E-state index in [1.165, 1.54) is 12.8 Å². The third-order valence-electron chi connectivity index (χ3n) is 4.32. The molecule has 2 N–H and O–H groups in total. The number of carbonyl (C=O) groups excluding carboxylic acids is 1. The molecule has 0 spiro atoms. The average molecular weight is 481 g/mol. The van der Waals surface area contributed by atoms with Gasteiger partial charge in [-0.25, -0.2) is 0 Å². The zero-order chi connectivity index (χ0) is 15.0. The molecule has 2 atom stereocenters.